The summed E-state index contributed by atoms with van der Waals surface area (Å²) >= 11 is 0. The van der Waals surface area contributed by atoms with Crippen LogP contribution < -0.4 is 5.32 Å². The molecule has 23 heavy (non-hydrogen) atoms. The molecule has 0 aliphatic carbocycles. The van der Waals surface area contributed by atoms with Crippen molar-refractivity contribution in [3.8, 4) is 0 Å². The molecule has 2 amide bonds. The van der Waals surface area contributed by atoms with E-state index >= 15 is 0 Å². The Morgan fingerprint density at radius 1 is 1.35 bits per heavy atom. The van der Waals surface area contributed by atoms with Gasteiger partial charge in [0.15, 0.2) is 0 Å². The van der Waals surface area contributed by atoms with E-state index in [0.29, 0.717) is 13.0 Å². The van der Waals surface area contributed by atoms with Crippen LogP contribution in [0.1, 0.15) is 43.9 Å². The summed E-state index contributed by atoms with van der Waals surface area (Å²) in [6.45, 7) is 3.77. The Bertz CT molecular complexity index is 614. The zero-order valence-electron chi connectivity index (χ0n) is 13.4. The van der Waals surface area contributed by atoms with E-state index < -0.39 is 12.0 Å². The van der Waals surface area contributed by atoms with Gasteiger partial charge in [0.05, 0.1) is 12.5 Å². The number of carboxylic acids is 1. The molecule has 0 saturated heterocycles. The number of amides is 2. The van der Waals surface area contributed by atoms with Crippen LogP contribution in [0.25, 0.3) is 0 Å². The van der Waals surface area contributed by atoms with E-state index in [1.807, 2.05) is 24.3 Å². The molecule has 124 valence electrons. The van der Waals surface area contributed by atoms with E-state index in [4.69, 9.17) is 5.11 Å². The van der Waals surface area contributed by atoms with Gasteiger partial charge in [-0.3, -0.25) is 9.59 Å². The van der Waals surface area contributed by atoms with Gasteiger partial charge >= 0.3 is 5.97 Å². The van der Waals surface area contributed by atoms with Gasteiger partial charge in [0, 0.05) is 13.5 Å². The van der Waals surface area contributed by atoms with Gasteiger partial charge in [-0.05, 0) is 24.0 Å². The van der Waals surface area contributed by atoms with Crippen molar-refractivity contribution in [2.75, 3.05) is 6.54 Å². The largest absolute Gasteiger partial charge is 0.480 e. The molecular weight excluding hydrogens is 296 g/mol. The second-order valence-corrected chi connectivity index (χ2v) is 5.75. The molecule has 6 heteroatoms. The minimum Gasteiger partial charge on any atom is -0.480 e. The van der Waals surface area contributed by atoms with Crippen molar-refractivity contribution in [3.05, 3.63) is 35.4 Å². The summed E-state index contributed by atoms with van der Waals surface area (Å²) in [5.41, 5.74) is 2.10. The van der Waals surface area contributed by atoms with E-state index in [0.717, 1.165) is 17.5 Å². The number of carboxylic acid groups (broad SMARTS) is 1. The van der Waals surface area contributed by atoms with E-state index in [1.165, 1.54) is 6.92 Å². The number of rotatable bonds is 5. The van der Waals surface area contributed by atoms with Crippen LogP contribution in [0, 0.1) is 0 Å². The molecule has 2 atom stereocenters. The highest BCUT2D eigenvalue weighted by Crippen LogP contribution is 2.32. The number of hydrogen-bond acceptors (Lipinski definition) is 3. The molecule has 6 nitrogen and oxygen atoms in total. The molecule has 1 heterocycles. The summed E-state index contributed by atoms with van der Waals surface area (Å²) in [7, 11) is 0. The van der Waals surface area contributed by atoms with E-state index in [2.05, 4.69) is 5.32 Å². The zero-order chi connectivity index (χ0) is 17.0. The topological polar surface area (TPSA) is 86.7 Å². The maximum Gasteiger partial charge on any atom is 0.326 e. The molecule has 2 unspecified atom stereocenters. The van der Waals surface area contributed by atoms with Crippen LogP contribution >= 0.6 is 0 Å². The molecule has 1 aliphatic heterocycles. The first-order valence-electron chi connectivity index (χ1n) is 7.81. The van der Waals surface area contributed by atoms with E-state index in [9.17, 15) is 14.4 Å². The van der Waals surface area contributed by atoms with Crippen molar-refractivity contribution in [1.82, 2.24) is 10.2 Å². The highest BCUT2D eigenvalue weighted by molar-refractivity contribution is 5.84. The fourth-order valence-electron chi connectivity index (χ4n) is 3.02. The molecule has 2 rings (SSSR count). The molecule has 2 N–H and O–H groups in total. The first-order chi connectivity index (χ1) is 10.9. The third kappa shape index (κ3) is 3.88. The summed E-state index contributed by atoms with van der Waals surface area (Å²) in [5.74, 6) is -1.48. The number of hydrogen-bond donors (Lipinski definition) is 2. The zero-order valence-corrected chi connectivity index (χ0v) is 13.4. The van der Waals surface area contributed by atoms with Crippen molar-refractivity contribution in [3.63, 3.8) is 0 Å². The smallest absolute Gasteiger partial charge is 0.326 e. The lowest BCUT2D eigenvalue weighted by Gasteiger charge is -2.36. The van der Waals surface area contributed by atoms with Gasteiger partial charge in [-0.15, -0.1) is 0 Å². The Morgan fingerprint density at radius 2 is 2.04 bits per heavy atom. The lowest BCUT2D eigenvalue weighted by atomic mass is 9.90. The van der Waals surface area contributed by atoms with Gasteiger partial charge in [0.2, 0.25) is 11.8 Å². The minimum absolute atomic E-state index is 0.0698. The first-order valence-corrected chi connectivity index (χ1v) is 7.81. The number of carbonyl (C=O) groups excluding carboxylic acids is 2. The number of carbonyl (C=O) groups is 3. The van der Waals surface area contributed by atoms with Crippen LogP contribution in [-0.2, 0) is 20.8 Å². The molecule has 0 bridgehead atoms. The second kappa shape index (κ2) is 7.26. The van der Waals surface area contributed by atoms with Gasteiger partial charge in [-0.25, -0.2) is 4.79 Å². The Labute approximate surface area is 135 Å². The third-order valence-electron chi connectivity index (χ3n) is 4.24. The first kappa shape index (κ1) is 17.0. The molecule has 1 aromatic rings. The van der Waals surface area contributed by atoms with Crippen LogP contribution in [0.4, 0.5) is 0 Å². The van der Waals surface area contributed by atoms with Crippen LogP contribution in [0.3, 0.4) is 0 Å². The van der Waals surface area contributed by atoms with Crippen molar-refractivity contribution in [2.45, 2.75) is 45.2 Å². The number of nitrogens with zero attached hydrogens (tertiary/aromatic N) is 1. The predicted molar refractivity (Wildman–Crippen MR) is 84.7 cm³/mol. The lowest BCUT2D eigenvalue weighted by Crippen LogP contribution is -2.44. The van der Waals surface area contributed by atoms with Gasteiger partial charge in [-0.2, -0.15) is 0 Å². The average molecular weight is 318 g/mol. The summed E-state index contributed by atoms with van der Waals surface area (Å²) in [6.07, 6.45) is 1.15. The summed E-state index contributed by atoms with van der Waals surface area (Å²) < 4.78 is 0. The Balaban J connectivity index is 2.19. The van der Waals surface area contributed by atoms with Gasteiger partial charge in [0.1, 0.15) is 6.04 Å². The Hall–Kier alpha value is -2.37. The minimum atomic E-state index is -1.05. The summed E-state index contributed by atoms with van der Waals surface area (Å²) in [5, 5.41) is 11.6. The second-order valence-electron chi connectivity index (χ2n) is 5.75. The Kier molecular flexibility index (Phi) is 5.36. The number of aliphatic carboxylic acids is 1. The van der Waals surface area contributed by atoms with Gasteiger partial charge in [0.25, 0.3) is 0 Å². The number of fused-ring (bicyclic) bond motifs is 1. The van der Waals surface area contributed by atoms with Crippen LogP contribution in [0.2, 0.25) is 0 Å². The standard InChI is InChI=1S/C17H22N2O4/c1-3-14(17(22)23)18-16(21)10-15-13-7-5-4-6-12(13)8-9-19(15)11(2)20/h4-7,14-15H,3,8-10H2,1-2H3,(H,18,21)(H,22,23). The predicted octanol–water partition coefficient (Wildman–Crippen LogP) is 1.50. The van der Waals surface area contributed by atoms with Crippen LogP contribution in [0.5, 0.6) is 0 Å². The molecule has 0 radical (unpaired) electrons. The monoisotopic (exact) mass is 318 g/mol. The highest BCUT2D eigenvalue weighted by Gasteiger charge is 2.31. The van der Waals surface area contributed by atoms with E-state index in [1.54, 1.807) is 11.8 Å². The normalized spacial score (nSPS) is 18.0. The molecule has 0 fully saturated rings. The molecular formula is C17H22N2O4. The van der Waals surface area contributed by atoms with Crippen LogP contribution in [-0.4, -0.2) is 40.4 Å². The summed E-state index contributed by atoms with van der Waals surface area (Å²) in [4.78, 5) is 36.9. The molecule has 1 aliphatic rings. The van der Waals surface area contributed by atoms with Crippen molar-refractivity contribution < 1.29 is 19.5 Å². The fourth-order valence-corrected chi connectivity index (χ4v) is 3.02. The maximum atomic E-state index is 12.3. The Morgan fingerprint density at radius 3 is 2.65 bits per heavy atom. The SMILES string of the molecule is CCC(NC(=O)CC1c2ccccc2CCN1C(C)=O)C(=O)O. The van der Waals surface area contributed by atoms with Crippen molar-refractivity contribution in [2.24, 2.45) is 0 Å². The quantitative estimate of drug-likeness (QED) is 0.861. The fraction of sp³-hybridized carbons (Fsp3) is 0.471. The molecule has 0 aromatic heterocycles. The van der Waals surface area contributed by atoms with Gasteiger partial charge < -0.3 is 15.3 Å². The van der Waals surface area contributed by atoms with Crippen molar-refractivity contribution in [1.29, 1.82) is 0 Å². The highest BCUT2D eigenvalue weighted by atomic mass is 16.4. The summed E-state index contributed by atoms with van der Waals surface area (Å²) in [6, 6.07) is 6.52. The third-order valence-corrected chi connectivity index (χ3v) is 4.24. The van der Waals surface area contributed by atoms with Gasteiger partial charge in [-0.1, -0.05) is 31.2 Å². The lowest BCUT2D eigenvalue weighted by molar-refractivity contribution is -0.142. The van der Waals surface area contributed by atoms with E-state index in [-0.39, 0.29) is 24.3 Å². The molecule has 0 spiro atoms. The average Bonchev–Trinajstić information content (AvgIpc) is 2.52. The van der Waals surface area contributed by atoms with Crippen molar-refractivity contribution >= 4 is 17.8 Å². The molecule has 0 saturated carbocycles. The number of nitrogens with one attached hydrogen (secondary N) is 1. The number of benzene rings is 1. The maximum absolute atomic E-state index is 12.3. The van der Waals surface area contributed by atoms with Crippen LogP contribution in [0.15, 0.2) is 24.3 Å². The molecule has 1 aromatic carbocycles.